The van der Waals surface area contributed by atoms with E-state index in [-0.39, 0.29) is 12.5 Å². The molecule has 0 spiro atoms. The second kappa shape index (κ2) is 6.65. The van der Waals surface area contributed by atoms with Crippen LogP contribution in [0.15, 0.2) is 12.1 Å². The molecular weight excluding hydrogens is 308 g/mol. The third kappa shape index (κ3) is 3.97. The van der Waals surface area contributed by atoms with Gasteiger partial charge in [-0.15, -0.1) is 11.3 Å². The van der Waals surface area contributed by atoms with Crippen molar-refractivity contribution in [3.63, 3.8) is 0 Å². The Morgan fingerprint density at radius 2 is 2.14 bits per heavy atom. The third-order valence-corrected chi connectivity index (χ3v) is 5.79. The van der Waals surface area contributed by atoms with Crippen LogP contribution in [-0.2, 0) is 4.79 Å². The standard InChI is InChI=1S/C15H21ClN2O2S/c16-14-4-3-13(21-14)12(19)8-17-15(20)7-9-5-10-1-2-11(6-9)18-10/h3-4,9-12,18-19H,1-2,5-8H2,(H,17,20). The first-order valence-electron chi connectivity index (χ1n) is 7.56. The summed E-state index contributed by atoms with van der Waals surface area (Å²) in [7, 11) is 0. The van der Waals surface area contributed by atoms with Crippen molar-refractivity contribution < 1.29 is 9.90 Å². The lowest BCUT2D eigenvalue weighted by Gasteiger charge is -2.28. The molecule has 0 saturated carbocycles. The quantitative estimate of drug-likeness (QED) is 0.778. The number of thiophene rings is 1. The molecule has 1 aromatic rings. The monoisotopic (exact) mass is 328 g/mol. The summed E-state index contributed by atoms with van der Waals surface area (Å²) in [6.07, 6.45) is 4.61. The Bertz CT molecular complexity index is 496. The fraction of sp³-hybridized carbons (Fsp3) is 0.667. The molecule has 3 atom stereocenters. The Hall–Kier alpha value is -0.620. The zero-order valence-corrected chi connectivity index (χ0v) is 13.4. The van der Waals surface area contributed by atoms with Crippen molar-refractivity contribution >= 4 is 28.8 Å². The average molecular weight is 329 g/mol. The zero-order valence-electron chi connectivity index (χ0n) is 11.8. The number of rotatable bonds is 5. The highest BCUT2D eigenvalue weighted by Gasteiger charge is 2.34. The SMILES string of the molecule is O=C(CC1CC2CCC(C1)N2)NCC(O)c1ccc(Cl)s1. The predicted molar refractivity (Wildman–Crippen MR) is 84.6 cm³/mol. The molecule has 6 heteroatoms. The molecule has 3 heterocycles. The number of carbonyl (C=O) groups is 1. The Morgan fingerprint density at radius 1 is 1.43 bits per heavy atom. The number of piperidine rings is 1. The summed E-state index contributed by atoms with van der Waals surface area (Å²) < 4.78 is 0.653. The van der Waals surface area contributed by atoms with E-state index in [2.05, 4.69) is 10.6 Å². The molecule has 2 saturated heterocycles. The molecule has 0 aliphatic carbocycles. The fourth-order valence-corrected chi connectivity index (χ4v) is 4.54. The number of carbonyl (C=O) groups excluding carboxylic acids is 1. The number of amides is 1. The van der Waals surface area contributed by atoms with Gasteiger partial charge in [0, 0.05) is 29.9 Å². The second-order valence-electron chi connectivity index (χ2n) is 6.14. The van der Waals surface area contributed by atoms with E-state index in [4.69, 9.17) is 11.6 Å². The summed E-state index contributed by atoms with van der Waals surface area (Å²) in [5.41, 5.74) is 0. The van der Waals surface area contributed by atoms with E-state index in [9.17, 15) is 9.90 Å². The molecule has 4 nitrogen and oxygen atoms in total. The lowest BCUT2D eigenvalue weighted by molar-refractivity contribution is -0.122. The van der Waals surface area contributed by atoms with Gasteiger partial charge >= 0.3 is 0 Å². The van der Waals surface area contributed by atoms with Gasteiger partial charge in [-0.25, -0.2) is 0 Å². The van der Waals surface area contributed by atoms with E-state index in [0.29, 0.717) is 28.8 Å². The topological polar surface area (TPSA) is 61.4 Å². The van der Waals surface area contributed by atoms with Crippen molar-refractivity contribution in [2.24, 2.45) is 5.92 Å². The first-order valence-corrected chi connectivity index (χ1v) is 8.75. The van der Waals surface area contributed by atoms with E-state index in [0.717, 1.165) is 17.7 Å². The second-order valence-corrected chi connectivity index (χ2v) is 7.89. The van der Waals surface area contributed by atoms with Gasteiger partial charge in [-0.2, -0.15) is 0 Å². The molecule has 0 radical (unpaired) electrons. The largest absolute Gasteiger partial charge is 0.386 e. The van der Waals surface area contributed by atoms with Crippen LogP contribution in [0.25, 0.3) is 0 Å². The van der Waals surface area contributed by atoms with Crippen LogP contribution in [0.5, 0.6) is 0 Å². The van der Waals surface area contributed by atoms with Crippen molar-refractivity contribution in [2.45, 2.75) is 50.3 Å². The zero-order chi connectivity index (χ0) is 14.8. The van der Waals surface area contributed by atoms with Gasteiger partial charge in [-0.3, -0.25) is 4.79 Å². The van der Waals surface area contributed by atoms with Crippen LogP contribution in [0, 0.1) is 5.92 Å². The Kier molecular flexibility index (Phi) is 4.84. The van der Waals surface area contributed by atoms with Crippen LogP contribution >= 0.6 is 22.9 Å². The van der Waals surface area contributed by atoms with E-state index < -0.39 is 6.10 Å². The molecule has 3 rings (SSSR count). The maximum absolute atomic E-state index is 12.0. The first-order chi connectivity index (χ1) is 10.1. The van der Waals surface area contributed by atoms with E-state index in [1.54, 1.807) is 12.1 Å². The minimum absolute atomic E-state index is 0.0444. The van der Waals surface area contributed by atoms with Gasteiger partial charge in [0.25, 0.3) is 0 Å². The molecule has 0 aromatic carbocycles. The van der Waals surface area contributed by atoms with Crippen molar-refractivity contribution in [1.82, 2.24) is 10.6 Å². The first kappa shape index (κ1) is 15.3. The van der Waals surface area contributed by atoms with Crippen molar-refractivity contribution in [3.8, 4) is 0 Å². The number of aliphatic hydroxyl groups is 1. The minimum Gasteiger partial charge on any atom is -0.386 e. The normalized spacial score (nSPS) is 29.3. The van der Waals surface area contributed by atoms with Gasteiger partial charge in [-0.05, 0) is 43.7 Å². The number of hydrogen-bond donors (Lipinski definition) is 3. The molecule has 3 N–H and O–H groups in total. The lowest BCUT2D eigenvalue weighted by Crippen LogP contribution is -2.40. The maximum atomic E-state index is 12.0. The summed E-state index contributed by atoms with van der Waals surface area (Å²) in [6.45, 7) is 0.257. The number of halogens is 1. The van der Waals surface area contributed by atoms with Gasteiger partial charge in [0.1, 0.15) is 6.10 Å². The Labute approximate surface area is 133 Å². The van der Waals surface area contributed by atoms with Crippen LogP contribution < -0.4 is 10.6 Å². The van der Waals surface area contributed by atoms with Crippen molar-refractivity contribution in [1.29, 1.82) is 0 Å². The number of nitrogens with one attached hydrogen (secondary N) is 2. The lowest BCUT2D eigenvalue weighted by atomic mass is 9.89. The smallest absolute Gasteiger partial charge is 0.220 e. The van der Waals surface area contributed by atoms with E-state index in [1.165, 1.54) is 24.2 Å². The average Bonchev–Trinajstić information content (AvgIpc) is 3.02. The minimum atomic E-state index is -0.671. The molecule has 116 valence electrons. The molecular formula is C15H21ClN2O2S. The van der Waals surface area contributed by atoms with Gasteiger partial charge in [-0.1, -0.05) is 11.6 Å². The molecule has 2 aliphatic rings. The highest BCUT2D eigenvalue weighted by atomic mass is 35.5. The third-order valence-electron chi connectivity index (χ3n) is 4.46. The molecule has 1 amide bonds. The van der Waals surface area contributed by atoms with Crippen molar-refractivity contribution in [2.75, 3.05) is 6.54 Å². The predicted octanol–water partition coefficient (Wildman–Crippen LogP) is 2.47. The molecule has 2 fully saturated rings. The van der Waals surface area contributed by atoms with Gasteiger partial charge in [0.2, 0.25) is 5.91 Å². The highest BCUT2D eigenvalue weighted by molar-refractivity contribution is 7.16. The molecule has 2 aliphatic heterocycles. The van der Waals surface area contributed by atoms with Crippen LogP contribution in [0.4, 0.5) is 0 Å². The Morgan fingerprint density at radius 3 is 2.76 bits per heavy atom. The van der Waals surface area contributed by atoms with E-state index >= 15 is 0 Å². The van der Waals surface area contributed by atoms with Crippen LogP contribution in [0.2, 0.25) is 4.34 Å². The van der Waals surface area contributed by atoms with Gasteiger partial charge < -0.3 is 15.7 Å². The number of hydrogen-bond acceptors (Lipinski definition) is 4. The summed E-state index contributed by atoms with van der Waals surface area (Å²) in [6, 6.07) is 4.78. The fourth-order valence-electron chi connectivity index (χ4n) is 3.49. The summed E-state index contributed by atoms with van der Waals surface area (Å²) in [4.78, 5) is 12.8. The van der Waals surface area contributed by atoms with Crippen LogP contribution in [0.1, 0.15) is 43.1 Å². The number of fused-ring (bicyclic) bond motifs is 2. The van der Waals surface area contributed by atoms with Crippen molar-refractivity contribution in [3.05, 3.63) is 21.3 Å². The number of aliphatic hydroxyl groups excluding tert-OH is 1. The summed E-state index contributed by atoms with van der Waals surface area (Å²) >= 11 is 7.19. The molecule has 1 aromatic heterocycles. The van der Waals surface area contributed by atoms with Crippen LogP contribution in [-0.4, -0.2) is 29.6 Å². The maximum Gasteiger partial charge on any atom is 0.220 e. The highest BCUT2D eigenvalue weighted by Crippen LogP contribution is 2.32. The van der Waals surface area contributed by atoms with Gasteiger partial charge in [0.15, 0.2) is 0 Å². The van der Waals surface area contributed by atoms with Gasteiger partial charge in [0.05, 0.1) is 4.34 Å². The van der Waals surface area contributed by atoms with Crippen LogP contribution in [0.3, 0.4) is 0 Å². The molecule has 2 bridgehead atoms. The summed E-state index contributed by atoms with van der Waals surface area (Å²) in [5, 5.41) is 16.4. The summed E-state index contributed by atoms with van der Waals surface area (Å²) in [5.74, 6) is 0.528. The van der Waals surface area contributed by atoms with E-state index in [1.807, 2.05) is 0 Å². The molecule has 21 heavy (non-hydrogen) atoms. The molecule has 3 unspecified atom stereocenters. The Balaban J connectivity index is 1.42.